The Balaban J connectivity index is 1.41. The summed E-state index contributed by atoms with van der Waals surface area (Å²) in [5, 5.41) is 4.24. The van der Waals surface area contributed by atoms with E-state index in [4.69, 9.17) is 17.0 Å². The van der Waals surface area contributed by atoms with Crippen molar-refractivity contribution in [2.45, 2.75) is 12.1 Å². The first kappa shape index (κ1) is 21.8. The average Bonchev–Trinajstić information content (AvgIpc) is 3.55. The van der Waals surface area contributed by atoms with E-state index >= 15 is 0 Å². The van der Waals surface area contributed by atoms with Gasteiger partial charge in [-0.3, -0.25) is 9.97 Å². The molecule has 6 rings (SSSR count). The molecule has 0 amide bonds. The maximum atomic E-state index is 5.91. The predicted octanol–water partition coefficient (Wildman–Crippen LogP) is 4.28. The van der Waals surface area contributed by atoms with E-state index in [0.717, 1.165) is 49.1 Å². The lowest BCUT2D eigenvalue weighted by molar-refractivity contribution is 0.122. The maximum Gasteiger partial charge on any atom is 0.174 e. The number of ether oxygens (including phenoxy) is 1. The van der Waals surface area contributed by atoms with Gasteiger partial charge in [0, 0.05) is 48.7 Å². The molecule has 2 atom stereocenters. The zero-order valence-corrected chi connectivity index (χ0v) is 20.0. The molecule has 7 nitrogen and oxygen atoms in total. The van der Waals surface area contributed by atoms with Gasteiger partial charge in [0.1, 0.15) is 6.04 Å². The molecule has 0 radical (unpaired) electrons. The summed E-state index contributed by atoms with van der Waals surface area (Å²) in [6, 6.07) is 22.7. The molecule has 2 aliphatic rings. The standard InChI is InChI=1S/C27H26N6OS/c35-27-30-25(23-6-1-2-13-29-23)26(24-7-4-14-32(24)22-5-3-12-28-19-22)33(27)21-10-8-20(9-11-21)31-15-17-34-18-16-31/h1-14,19,25-26H,15-18H2,(H,30,35). The molecule has 2 aliphatic heterocycles. The van der Waals surface area contributed by atoms with Crippen molar-refractivity contribution in [2.75, 3.05) is 36.1 Å². The quantitative estimate of drug-likeness (QED) is 0.426. The number of rotatable bonds is 5. The second-order valence-corrected chi connectivity index (χ2v) is 9.01. The first-order valence-corrected chi connectivity index (χ1v) is 12.2. The molecule has 0 saturated carbocycles. The van der Waals surface area contributed by atoms with Crippen molar-refractivity contribution in [1.82, 2.24) is 19.9 Å². The molecule has 3 aromatic heterocycles. The van der Waals surface area contributed by atoms with E-state index < -0.39 is 0 Å². The van der Waals surface area contributed by atoms with Gasteiger partial charge in [-0.15, -0.1) is 0 Å². The SMILES string of the molecule is S=C1NC(c2ccccn2)C(c2cccn2-c2cccnc2)N1c1ccc(N2CCOCC2)cc1. The molecule has 1 N–H and O–H groups in total. The third kappa shape index (κ3) is 4.15. The molecule has 2 unspecified atom stereocenters. The van der Waals surface area contributed by atoms with Gasteiger partial charge in [-0.05, 0) is 72.9 Å². The monoisotopic (exact) mass is 482 g/mol. The van der Waals surface area contributed by atoms with Gasteiger partial charge in [0.05, 0.1) is 36.8 Å². The second kappa shape index (κ2) is 9.48. The van der Waals surface area contributed by atoms with Crippen LogP contribution in [0.5, 0.6) is 0 Å². The number of benzene rings is 1. The summed E-state index contributed by atoms with van der Waals surface area (Å²) in [6.07, 6.45) is 7.57. The molecule has 2 fully saturated rings. The number of aromatic nitrogens is 3. The second-order valence-electron chi connectivity index (χ2n) is 8.63. The van der Waals surface area contributed by atoms with E-state index in [0.29, 0.717) is 5.11 Å². The predicted molar refractivity (Wildman–Crippen MR) is 141 cm³/mol. The van der Waals surface area contributed by atoms with Crippen molar-refractivity contribution in [2.24, 2.45) is 0 Å². The summed E-state index contributed by atoms with van der Waals surface area (Å²) in [7, 11) is 0. The Morgan fingerprint density at radius 1 is 0.857 bits per heavy atom. The van der Waals surface area contributed by atoms with Crippen LogP contribution < -0.4 is 15.1 Å². The number of hydrogen-bond donors (Lipinski definition) is 1. The highest BCUT2D eigenvalue weighted by molar-refractivity contribution is 7.80. The van der Waals surface area contributed by atoms with Gasteiger partial charge < -0.3 is 24.4 Å². The molecule has 35 heavy (non-hydrogen) atoms. The molecule has 0 bridgehead atoms. The summed E-state index contributed by atoms with van der Waals surface area (Å²) in [5.74, 6) is 0. The Morgan fingerprint density at radius 3 is 2.43 bits per heavy atom. The topological polar surface area (TPSA) is 58.5 Å². The number of nitrogens with zero attached hydrogens (tertiary/aromatic N) is 5. The minimum atomic E-state index is -0.104. The molecular weight excluding hydrogens is 456 g/mol. The molecule has 0 spiro atoms. The first-order chi connectivity index (χ1) is 17.3. The number of anilines is 2. The van der Waals surface area contributed by atoms with Gasteiger partial charge >= 0.3 is 0 Å². The molecule has 176 valence electrons. The molecule has 1 aromatic carbocycles. The van der Waals surface area contributed by atoms with Crippen LogP contribution in [0.3, 0.4) is 0 Å². The van der Waals surface area contributed by atoms with Crippen LogP contribution in [0.15, 0.2) is 91.5 Å². The lowest BCUT2D eigenvalue weighted by Crippen LogP contribution is -2.36. The molecule has 0 aliphatic carbocycles. The zero-order chi connectivity index (χ0) is 23.6. The van der Waals surface area contributed by atoms with Crippen molar-refractivity contribution >= 4 is 28.7 Å². The van der Waals surface area contributed by atoms with Crippen molar-refractivity contribution in [3.8, 4) is 5.69 Å². The van der Waals surface area contributed by atoms with Crippen LogP contribution in [0, 0.1) is 0 Å². The third-order valence-electron chi connectivity index (χ3n) is 6.61. The molecule has 5 heterocycles. The summed E-state index contributed by atoms with van der Waals surface area (Å²) in [4.78, 5) is 13.6. The molecule has 2 saturated heterocycles. The first-order valence-electron chi connectivity index (χ1n) is 11.8. The highest BCUT2D eigenvalue weighted by Crippen LogP contribution is 2.42. The number of hydrogen-bond acceptors (Lipinski definition) is 5. The Kier molecular flexibility index (Phi) is 5.89. The van der Waals surface area contributed by atoms with E-state index in [9.17, 15) is 0 Å². The van der Waals surface area contributed by atoms with Crippen molar-refractivity contribution in [1.29, 1.82) is 0 Å². The number of thiocarbonyl (C=S) groups is 1. The van der Waals surface area contributed by atoms with Crippen molar-refractivity contribution < 1.29 is 4.74 Å². The van der Waals surface area contributed by atoms with Gasteiger partial charge in [0.15, 0.2) is 5.11 Å². The van der Waals surface area contributed by atoms with E-state index in [2.05, 4.69) is 84.4 Å². The summed E-state index contributed by atoms with van der Waals surface area (Å²) in [5.41, 5.74) is 5.31. The fourth-order valence-electron chi connectivity index (χ4n) is 4.95. The van der Waals surface area contributed by atoms with Crippen LogP contribution in [0.2, 0.25) is 0 Å². The molecule has 4 aromatic rings. The molecular formula is C27H26N6OS. The Morgan fingerprint density at radius 2 is 1.69 bits per heavy atom. The van der Waals surface area contributed by atoms with Crippen molar-refractivity contribution in [3.05, 3.63) is 103 Å². The number of pyridine rings is 2. The summed E-state index contributed by atoms with van der Waals surface area (Å²) < 4.78 is 7.69. The minimum absolute atomic E-state index is 0.0955. The van der Waals surface area contributed by atoms with E-state index in [1.807, 2.05) is 30.6 Å². The van der Waals surface area contributed by atoms with Crippen LogP contribution in [-0.4, -0.2) is 46.0 Å². The largest absolute Gasteiger partial charge is 0.378 e. The van der Waals surface area contributed by atoms with Crippen LogP contribution in [-0.2, 0) is 4.74 Å². The number of morpholine rings is 1. The Labute approximate surface area is 210 Å². The summed E-state index contributed by atoms with van der Waals surface area (Å²) >= 11 is 5.91. The maximum absolute atomic E-state index is 5.91. The van der Waals surface area contributed by atoms with Gasteiger partial charge in [0.25, 0.3) is 0 Å². The van der Waals surface area contributed by atoms with Gasteiger partial charge in [0.2, 0.25) is 0 Å². The smallest absolute Gasteiger partial charge is 0.174 e. The zero-order valence-electron chi connectivity index (χ0n) is 19.2. The fraction of sp³-hybridized carbons (Fsp3) is 0.222. The minimum Gasteiger partial charge on any atom is -0.378 e. The normalized spacial score (nSPS) is 20.2. The summed E-state index contributed by atoms with van der Waals surface area (Å²) in [6.45, 7) is 3.35. The van der Waals surface area contributed by atoms with E-state index in [1.54, 1.807) is 6.20 Å². The van der Waals surface area contributed by atoms with Crippen LogP contribution in [0.25, 0.3) is 5.69 Å². The lowest BCUT2D eigenvalue weighted by Gasteiger charge is -2.31. The van der Waals surface area contributed by atoms with Crippen LogP contribution >= 0.6 is 12.2 Å². The van der Waals surface area contributed by atoms with Crippen LogP contribution in [0.4, 0.5) is 11.4 Å². The number of nitrogens with one attached hydrogen (secondary N) is 1. The Bertz CT molecular complexity index is 1290. The van der Waals surface area contributed by atoms with E-state index in [-0.39, 0.29) is 12.1 Å². The van der Waals surface area contributed by atoms with Crippen molar-refractivity contribution in [3.63, 3.8) is 0 Å². The Hall–Kier alpha value is -3.75. The highest BCUT2D eigenvalue weighted by atomic mass is 32.1. The average molecular weight is 483 g/mol. The van der Waals surface area contributed by atoms with Crippen LogP contribution in [0.1, 0.15) is 23.5 Å². The van der Waals surface area contributed by atoms with E-state index in [1.165, 1.54) is 5.69 Å². The van der Waals surface area contributed by atoms with Gasteiger partial charge in [-0.1, -0.05) is 6.07 Å². The lowest BCUT2D eigenvalue weighted by atomic mass is 10.0. The molecule has 8 heteroatoms. The highest BCUT2D eigenvalue weighted by Gasteiger charge is 2.42. The third-order valence-corrected chi connectivity index (χ3v) is 6.92. The van der Waals surface area contributed by atoms with Gasteiger partial charge in [-0.2, -0.15) is 0 Å². The van der Waals surface area contributed by atoms with Gasteiger partial charge in [-0.25, -0.2) is 0 Å². The fourth-order valence-corrected chi connectivity index (χ4v) is 5.29.